The predicted octanol–water partition coefficient (Wildman–Crippen LogP) is 3.90. The molecule has 1 aliphatic rings. The van der Waals surface area contributed by atoms with Crippen molar-refractivity contribution in [3.63, 3.8) is 0 Å². The molecule has 0 aromatic heterocycles. The van der Waals surface area contributed by atoms with Gasteiger partial charge in [0.2, 0.25) is 10.0 Å². The van der Waals surface area contributed by atoms with Crippen molar-refractivity contribution >= 4 is 21.6 Å². The van der Waals surface area contributed by atoms with E-state index in [1.54, 1.807) is 12.1 Å². The van der Waals surface area contributed by atoms with E-state index < -0.39 is 10.0 Å². The molecule has 1 atom stereocenters. The van der Waals surface area contributed by atoms with Gasteiger partial charge >= 0.3 is 0 Å². The van der Waals surface area contributed by atoms with Crippen molar-refractivity contribution in [3.8, 4) is 0 Å². The van der Waals surface area contributed by atoms with Gasteiger partial charge in [-0.05, 0) is 43.4 Å². The molecule has 0 radical (unpaired) electrons. The number of hydrogen-bond donors (Lipinski definition) is 1. The van der Waals surface area contributed by atoms with E-state index in [1.807, 2.05) is 19.1 Å². The average Bonchev–Trinajstić information content (AvgIpc) is 2.39. The van der Waals surface area contributed by atoms with Gasteiger partial charge in [0.05, 0.1) is 5.75 Å². The maximum absolute atomic E-state index is 12.2. The Bertz CT molecular complexity index is 521. The van der Waals surface area contributed by atoms with E-state index in [-0.39, 0.29) is 11.8 Å². The van der Waals surface area contributed by atoms with Gasteiger partial charge in [0.1, 0.15) is 0 Å². The Hall–Kier alpha value is -0.580. The van der Waals surface area contributed by atoms with Gasteiger partial charge in [-0.15, -0.1) is 0 Å². The van der Waals surface area contributed by atoms with Crippen LogP contribution < -0.4 is 4.72 Å². The molecule has 5 heteroatoms. The fourth-order valence-electron chi connectivity index (χ4n) is 2.80. The molecule has 112 valence electrons. The minimum absolute atomic E-state index is 0.221. The van der Waals surface area contributed by atoms with E-state index in [0.717, 1.165) is 31.2 Å². The molecule has 0 amide bonds. The summed E-state index contributed by atoms with van der Waals surface area (Å²) < 4.78 is 27.2. The van der Waals surface area contributed by atoms with Crippen LogP contribution in [-0.2, 0) is 10.0 Å². The first-order valence-electron chi connectivity index (χ1n) is 7.22. The number of sulfonamides is 1. The summed E-state index contributed by atoms with van der Waals surface area (Å²) in [6.07, 6.45) is 5.64. The Morgan fingerprint density at radius 3 is 2.40 bits per heavy atom. The van der Waals surface area contributed by atoms with Crippen molar-refractivity contribution in [2.45, 2.75) is 45.1 Å². The third kappa shape index (κ3) is 4.76. The summed E-state index contributed by atoms with van der Waals surface area (Å²) in [7, 11) is -3.22. The smallest absolute Gasteiger partial charge is 0.212 e. The molecular formula is C15H22ClNO2S. The SMILES string of the molecule is CC(NS(=O)(=O)CC1CCCCC1)c1ccc(Cl)cc1. The van der Waals surface area contributed by atoms with Crippen LogP contribution >= 0.6 is 11.6 Å². The van der Waals surface area contributed by atoms with Gasteiger partial charge in [0, 0.05) is 11.1 Å². The largest absolute Gasteiger partial charge is 0.212 e. The Balaban J connectivity index is 1.94. The Labute approximate surface area is 126 Å². The molecule has 1 aromatic carbocycles. The first-order valence-corrected chi connectivity index (χ1v) is 9.25. The summed E-state index contributed by atoms with van der Waals surface area (Å²) in [4.78, 5) is 0. The van der Waals surface area contributed by atoms with Crippen LogP contribution in [0.3, 0.4) is 0 Å². The number of hydrogen-bond acceptors (Lipinski definition) is 2. The predicted molar refractivity (Wildman–Crippen MR) is 83.4 cm³/mol. The number of nitrogens with one attached hydrogen (secondary N) is 1. The standard InChI is InChI=1S/C15H22ClNO2S/c1-12(14-7-9-15(16)10-8-14)17-20(18,19)11-13-5-3-2-4-6-13/h7-10,12-13,17H,2-6,11H2,1H3. The van der Waals surface area contributed by atoms with Crippen LogP contribution in [0.25, 0.3) is 0 Å². The van der Waals surface area contributed by atoms with Gasteiger partial charge in [-0.25, -0.2) is 13.1 Å². The first kappa shape index (κ1) is 15.8. The average molecular weight is 316 g/mol. The highest BCUT2D eigenvalue weighted by atomic mass is 35.5. The Morgan fingerprint density at radius 2 is 1.80 bits per heavy atom. The molecule has 1 N–H and O–H groups in total. The molecule has 1 fully saturated rings. The summed E-state index contributed by atoms with van der Waals surface area (Å²) in [5.74, 6) is 0.573. The van der Waals surface area contributed by atoms with E-state index in [4.69, 9.17) is 11.6 Å². The van der Waals surface area contributed by atoms with Crippen LogP contribution in [0.2, 0.25) is 5.02 Å². The Morgan fingerprint density at radius 1 is 1.20 bits per heavy atom. The first-order chi connectivity index (χ1) is 9.46. The summed E-state index contributed by atoms with van der Waals surface area (Å²) in [6, 6.07) is 7.05. The van der Waals surface area contributed by atoms with Crippen molar-refractivity contribution in [2.24, 2.45) is 5.92 Å². The molecule has 1 unspecified atom stereocenters. The molecular weight excluding hydrogens is 294 g/mol. The molecule has 1 aromatic rings. The molecule has 2 rings (SSSR count). The molecule has 0 aliphatic heterocycles. The number of halogens is 1. The van der Waals surface area contributed by atoms with Gasteiger partial charge < -0.3 is 0 Å². The summed E-state index contributed by atoms with van der Waals surface area (Å²) in [6.45, 7) is 1.86. The van der Waals surface area contributed by atoms with Gasteiger partial charge in [0.15, 0.2) is 0 Å². The van der Waals surface area contributed by atoms with Crippen molar-refractivity contribution in [1.29, 1.82) is 0 Å². The monoisotopic (exact) mass is 315 g/mol. The van der Waals surface area contributed by atoms with Crippen LogP contribution in [0.15, 0.2) is 24.3 Å². The van der Waals surface area contributed by atoms with Gasteiger partial charge in [-0.2, -0.15) is 0 Å². The minimum atomic E-state index is -3.22. The van der Waals surface area contributed by atoms with Crippen molar-refractivity contribution in [2.75, 3.05) is 5.75 Å². The molecule has 0 spiro atoms. The quantitative estimate of drug-likeness (QED) is 0.895. The molecule has 1 saturated carbocycles. The van der Waals surface area contributed by atoms with E-state index in [1.165, 1.54) is 6.42 Å². The zero-order chi connectivity index (χ0) is 14.6. The number of benzene rings is 1. The summed E-state index contributed by atoms with van der Waals surface area (Å²) in [5.41, 5.74) is 0.932. The maximum atomic E-state index is 12.2. The fourth-order valence-corrected chi connectivity index (χ4v) is 4.65. The van der Waals surface area contributed by atoms with Crippen LogP contribution in [0.4, 0.5) is 0 Å². The second-order valence-corrected chi connectivity index (χ2v) is 7.91. The lowest BCUT2D eigenvalue weighted by Crippen LogP contribution is -2.32. The van der Waals surface area contributed by atoms with E-state index in [0.29, 0.717) is 10.9 Å². The van der Waals surface area contributed by atoms with Crippen molar-refractivity contribution < 1.29 is 8.42 Å². The van der Waals surface area contributed by atoms with Gasteiger partial charge in [-0.1, -0.05) is 43.0 Å². The lowest BCUT2D eigenvalue weighted by Gasteiger charge is -2.22. The van der Waals surface area contributed by atoms with Crippen molar-refractivity contribution in [1.82, 2.24) is 4.72 Å². The minimum Gasteiger partial charge on any atom is -0.212 e. The van der Waals surface area contributed by atoms with E-state index in [2.05, 4.69) is 4.72 Å². The van der Waals surface area contributed by atoms with Crippen LogP contribution in [0, 0.1) is 5.92 Å². The lowest BCUT2D eigenvalue weighted by atomic mass is 9.91. The second kappa shape index (κ2) is 6.92. The van der Waals surface area contributed by atoms with Crippen molar-refractivity contribution in [3.05, 3.63) is 34.9 Å². The highest BCUT2D eigenvalue weighted by molar-refractivity contribution is 7.89. The second-order valence-electron chi connectivity index (χ2n) is 5.68. The summed E-state index contributed by atoms with van der Waals surface area (Å²) in [5, 5.41) is 0.658. The molecule has 0 heterocycles. The third-order valence-corrected chi connectivity index (χ3v) is 5.78. The van der Waals surface area contributed by atoms with Gasteiger partial charge in [-0.3, -0.25) is 0 Å². The van der Waals surface area contributed by atoms with E-state index in [9.17, 15) is 8.42 Å². The zero-order valence-corrected chi connectivity index (χ0v) is 13.4. The molecule has 0 bridgehead atoms. The molecule has 20 heavy (non-hydrogen) atoms. The maximum Gasteiger partial charge on any atom is 0.212 e. The third-order valence-electron chi connectivity index (χ3n) is 3.91. The van der Waals surface area contributed by atoms with Crippen LogP contribution in [0.5, 0.6) is 0 Å². The summed E-state index contributed by atoms with van der Waals surface area (Å²) >= 11 is 5.84. The van der Waals surface area contributed by atoms with Crippen LogP contribution in [0.1, 0.15) is 50.6 Å². The molecule has 3 nitrogen and oxygen atoms in total. The normalized spacial score (nSPS) is 18.9. The topological polar surface area (TPSA) is 46.2 Å². The lowest BCUT2D eigenvalue weighted by molar-refractivity contribution is 0.383. The van der Waals surface area contributed by atoms with E-state index >= 15 is 0 Å². The highest BCUT2D eigenvalue weighted by Gasteiger charge is 2.23. The van der Waals surface area contributed by atoms with Crippen LogP contribution in [-0.4, -0.2) is 14.2 Å². The van der Waals surface area contributed by atoms with Gasteiger partial charge in [0.25, 0.3) is 0 Å². The highest BCUT2D eigenvalue weighted by Crippen LogP contribution is 2.25. The fraction of sp³-hybridized carbons (Fsp3) is 0.600. The molecule has 1 aliphatic carbocycles. The zero-order valence-electron chi connectivity index (χ0n) is 11.8. The Kier molecular flexibility index (Phi) is 5.47. The number of rotatable bonds is 5. The molecule has 0 saturated heterocycles.